The number of anilines is 1. The number of benzene rings is 2. The molecule has 3 N–H and O–H groups in total. The first kappa shape index (κ1) is 20.8. The average molecular weight is 386 g/mol. The SMILES string of the molecule is COc1ccc(C)cc1NC(=O)[C@@H](C)OC(=O)c1ccc(OCC(N)=O)cc1. The van der Waals surface area contributed by atoms with Gasteiger partial charge in [-0.05, 0) is 55.8 Å². The predicted molar refractivity (Wildman–Crippen MR) is 102 cm³/mol. The largest absolute Gasteiger partial charge is 0.495 e. The number of nitrogens with one attached hydrogen (secondary N) is 1. The second-order valence-electron chi connectivity index (χ2n) is 6.02. The molecule has 0 aromatic heterocycles. The number of hydrogen-bond acceptors (Lipinski definition) is 6. The Labute approximate surface area is 162 Å². The van der Waals surface area contributed by atoms with Crippen LogP contribution >= 0.6 is 0 Å². The summed E-state index contributed by atoms with van der Waals surface area (Å²) in [6.45, 7) is 3.10. The van der Waals surface area contributed by atoms with Crippen LogP contribution in [0.25, 0.3) is 0 Å². The highest BCUT2D eigenvalue weighted by Gasteiger charge is 2.20. The Morgan fingerprint density at radius 3 is 2.39 bits per heavy atom. The van der Waals surface area contributed by atoms with Crippen molar-refractivity contribution in [1.29, 1.82) is 0 Å². The lowest BCUT2D eigenvalue weighted by Crippen LogP contribution is -2.30. The average Bonchev–Trinajstić information content (AvgIpc) is 2.66. The van der Waals surface area contributed by atoms with Gasteiger partial charge in [0.2, 0.25) is 0 Å². The van der Waals surface area contributed by atoms with Gasteiger partial charge in [0.15, 0.2) is 12.7 Å². The number of amides is 2. The highest BCUT2D eigenvalue weighted by Crippen LogP contribution is 2.25. The maximum Gasteiger partial charge on any atom is 0.338 e. The molecule has 0 aliphatic carbocycles. The molecule has 0 radical (unpaired) electrons. The van der Waals surface area contributed by atoms with E-state index in [1.54, 1.807) is 12.1 Å². The minimum Gasteiger partial charge on any atom is -0.495 e. The molecule has 0 aliphatic heterocycles. The van der Waals surface area contributed by atoms with Gasteiger partial charge in [0.25, 0.3) is 11.8 Å². The molecule has 2 aromatic rings. The highest BCUT2D eigenvalue weighted by molar-refractivity contribution is 5.98. The third kappa shape index (κ3) is 5.73. The Morgan fingerprint density at radius 2 is 1.79 bits per heavy atom. The molecular formula is C20H22N2O6. The number of carbonyl (C=O) groups excluding carboxylic acids is 3. The summed E-state index contributed by atoms with van der Waals surface area (Å²) in [6.07, 6.45) is -1.02. The van der Waals surface area contributed by atoms with E-state index in [0.29, 0.717) is 17.2 Å². The summed E-state index contributed by atoms with van der Waals surface area (Å²) in [5.74, 6) is -0.871. The molecule has 0 bridgehead atoms. The predicted octanol–water partition coefficient (Wildman–Crippen LogP) is 2.05. The van der Waals surface area contributed by atoms with Crippen LogP contribution in [-0.4, -0.2) is 37.6 Å². The summed E-state index contributed by atoms with van der Waals surface area (Å²) in [4.78, 5) is 35.3. The van der Waals surface area contributed by atoms with Gasteiger partial charge in [-0.25, -0.2) is 4.79 Å². The zero-order valence-electron chi connectivity index (χ0n) is 15.9. The minimum atomic E-state index is -1.02. The van der Waals surface area contributed by atoms with E-state index in [1.165, 1.54) is 38.3 Å². The van der Waals surface area contributed by atoms with Gasteiger partial charge in [-0.2, -0.15) is 0 Å². The Hall–Kier alpha value is -3.55. The first-order valence-corrected chi connectivity index (χ1v) is 8.48. The normalized spacial score (nSPS) is 11.2. The summed E-state index contributed by atoms with van der Waals surface area (Å²) in [7, 11) is 1.50. The van der Waals surface area contributed by atoms with Crippen molar-refractivity contribution in [3.8, 4) is 11.5 Å². The smallest absolute Gasteiger partial charge is 0.338 e. The van der Waals surface area contributed by atoms with Gasteiger partial charge in [-0.15, -0.1) is 0 Å². The zero-order chi connectivity index (χ0) is 20.7. The number of nitrogens with two attached hydrogens (primary N) is 1. The van der Waals surface area contributed by atoms with Gasteiger partial charge < -0.3 is 25.3 Å². The highest BCUT2D eigenvalue weighted by atomic mass is 16.5. The number of carbonyl (C=O) groups is 3. The van der Waals surface area contributed by atoms with Gasteiger partial charge in [-0.1, -0.05) is 6.07 Å². The Balaban J connectivity index is 1.97. The van der Waals surface area contributed by atoms with Crippen molar-refractivity contribution in [2.75, 3.05) is 19.0 Å². The topological polar surface area (TPSA) is 117 Å². The minimum absolute atomic E-state index is 0.235. The number of primary amides is 1. The fraction of sp³-hybridized carbons (Fsp3) is 0.250. The molecule has 2 rings (SSSR count). The molecule has 28 heavy (non-hydrogen) atoms. The number of ether oxygens (including phenoxy) is 3. The van der Waals surface area contributed by atoms with Crippen molar-refractivity contribution >= 4 is 23.5 Å². The van der Waals surface area contributed by atoms with Gasteiger partial charge in [-0.3, -0.25) is 9.59 Å². The van der Waals surface area contributed by atoms with Crippen molar-refractivity contribution < 1.29 is 28.6 Å². The van der Waals surface area contributed by atoms with E-state index < -0.39 is 23.9 Å². The van der Waals surface area contributed by atoms with Crippen LogP contribution in [-0.2, 0) is 14.3 Å². The maximum atomic E-state index is 12.4. The molecule has 2 amide bonds. The first-order chi connectivity index (χ1) is 13.3. The molecule has 148 valence electrons. The third-order valence-corrected chi connectivity index (χ3v) is 3.74. The van der Waals surface area contributed by atoms with E-state index in [9.17, 15) is 14.4 Å². The van der Waals surface area contributed by atoms with Crippen LogP contribution in [0, 0.1) is 6.92 Å². The maximum absolute atomic E-state index is 12.4. The van der Waals surface area contributed by atoms with Gasteiger partial charge in [0.1, 0.15) is 11.5 Å². The second-order valence-corrected chi connectivity index (χ2v) is 6.02. The third-order valence-electron chi connectivity index (χ3n) is 3.74. The van der Waals surface area contributed by atoms with Gasteiger partial charge >= 0.3 is 5.97 Å². The first-order valence-electron chi connectivity index (χ1n) is 8.48. The van der Waals surface area contributed by atoms with Crippen LogP contribution in [0.15, 0.2) is 42.5 Å². The summed E-state index contributed by atoms with van der Waals surface area (Å²) in [5.41, 5.74) is 6.67. The molecule has 0 spiro atoms. The molecule has 0 aliphatic rings. The van der Waals surface area contributed by atoms with E-state index in [0.717, 1.165) is 5.56 Å². The molecule has 8 heteroatoms. The molecule has 0 saturated heterocycles. The lowest BCUT2D eigenvalue weighted by Gasteiger charge is -2.15. The summed E-state index contributed by atoms with van der Waals surface area (Å²) in [5, 5.41) is 2.69. The Kier molecular flexibility index (Phi) is 6.97. The van der Waals surface area contributed by atoms with Gasteiger partial charge in [0, 0.05) is 0 Å². The monoisotopic (exact) mass is 386 g/mol. The Morgan fingerprint density at radius 1 is 1.11 bits per heavy atom. The van der Waals surface area contributed by atoms with Crippen LogP contribution in [0.5, 0.6) is 11.5 Å². The molecule has 0 fully saturated rings. The van der Waals surface area contributed by atoms with E-state index in [1.807, 2.05) is 13.0 Å². The van der Waals surface area contributed by atoms with Crippen molar-refractivity contribution in [2.24, 2.45) is 5.73 Å². The van der Waals surface area contributed by atoms with E-state index in [-0.39, 0.29) is 12.2 Å². The molecule has 1 atom stereocenters. The van der Waals surface area contributed by atoms with Crippen LogP contribution in [0.1, 0.15) is 22.8 Å². The van der Waals surface area contributed by atoms with Crippen molar-refractivity contribution in [3.05, 3.63) is 53.6 Å². The number of aryl methyl sites for hydroxylation is 1. The van der Waals surface area contributed by atoms with E-state index >= 15 is 0 Å². The summed E-state index contributed by atoms with van der Waals surface area (Å²) in [6, 6.07) is 11.3. The lowest BCUT2D eigenvalue weighted by molar-refractivity contribution is -0.123. The molecular weight excluding hydrogens is 364 g/mol. The Bertz CT molecular complexity index is 863. The second kappa shape index (κ2) is 9.40. The summed E-state index contributed by atoms with van der Waals surface area (Å²) < 4.78 is 15.5. The molecule has 0 unspecified atom stereocenters. The van der Waals surface area contributed by atoms with Crippen LogP contribution < -0.4 is 20.5 Å². The summed E-state index contributed by atoms with van der Waals surface area (Å²) >= 11 is 0. The van der Waals surface area contributed by atoms with Crippen LogP contribution in [0.3, 0.4) is 0 Å². The lowest BCUT2D eigenvalue weighted by atomic mass is 10.2. The number of methoxy groups -OCH3 is 1. The number of hydrogen-bond donors (Lipinski definition) is 2. The zero-order valence-corrected chi connectivity index (χ0v) is 15.9. The molecule has 0 saturated carbocycles. The number of rotatable bonds is 8. The quantitative estimate of drug-likeness (QED) is 0.671. The fourth-order valence-corrected chi connectivity index (χ4v) is 2.28. The van der Waals surface area contributed by atoms with Gasteiger partial charge in [0.05, 0.1) is 18.4 Å². The van der Waals surface area contributed by atoms with E-state index in [2.05, 4.69) is 5.32 Å². The molecule has 0 heterocycles. The standard InChI is InChI=1S/C20H22N2O6/c1-12-4-9-17(26-3)16(10-12)22-19(24)13(2)28-20(25)14-5-7-15(8-6-14)27-11-18(21)23/h4-10,13H,11H2,1-3H3,(H2,21,23)(H,22,24)/t13-/m1/s1. The fourth-order valence-electron chi connectivity index (χ4n) is 2.28. The van der Waals surface area contributed by atoms with Crippen molar-refractivity contribution in [2.45, 2.75) is 20.0 Å². The number of esters is 1. The van der Waals surface area contributed by atoms with Crippen molar-refractivity contribution in [3.63, 3.8) is 0 Å². The van der Waals surface area contributed by atoms with Crippen LogP contribution in [0.4, 0.5) is 5.69 Å². The van der Waals surface area contributed by atoms with Crippen molar-refractivity contribution in [1.82, 2.24) is 0 Å². The van der Waals surface area contributed by atoms with E-state index in [4.69, 9.17) is 19.9 Å². The molecule has 8 nitrogen and oxygen atoms in total. The van der Waals surface area contributed by atoms with Crippen LogP contribution in [0.2, 0.25) is 0 Å². The molecule has 2 aromatic carbocycles.